The molecule has 0 saturated heterocycles. The van der Waals surface area contributed by atoms with Gasteiger partial charge in [0.2, 0.25) is 0 Å². The summed E-state index contributed by atoms with van der Waals surface area (Å²) in [5.41, 5.74) is 10.7. The molecule has 0 amide bonds. The van der Waals surface area contributed by atoms with E-state index in [1.54, 1.807) is 0 Å². The molecule has 0 aliphatic rings. The molecule has 2 aromatic heterocycles. The minimum absolute atomic E-state index is 0.896. The lowest BCUT2D eigenvalue weighted by atomic mass is 9.98. The van der Waals surface area contributed by atoms with Crippen LogP contribution in [0.2, 0.25) is 0 Å². The van der Waals surface area contributed by atoms with Gasteiger partial charge in [-0.3, -0.25) is 0 Å². The number of hydrogen-bond acceptors (Lipinski definition) is 2. The summed E-state index contributed by atoms with van der Waals surface area (Å²) < 4.78 is 8.97. The molecule has 0 unspecified atom stereocenters. The van der Waals surface area contributed by atoms with E-state index in [9.17, 15) is 0 Å². The van der Waals surface area contributed by atoms with Gasteiger partial charge in [-0.2, -0.15) is 0 Å². The summed E-state index contributed by atoms with van der Waals surface area (Å²) >= 11 is 0. The fraction of sp³-hybridized carbons (Fsp3) is 0. The predicted octanol–water partition coefficient (Wildman–Crippen LogP) is 13.0. The number of hydrogen-bond donors (Lipinski definition) is 0. The van der Waals surface area contributed by atoms with Crippen LogP contribution in [0.25, 0.3) is 71.3 Å². The van der Waals surface area contributed by atoms with Gasteiger partial charge in [0.25, 0.3) is 0 Å². The Kier molecular flexibility index (Phi) is 6.18. The molecule has 3 nitrogen and oxygen atoms in total. The molecule has 0 saturated carbocycles. The third-order valence-corrected chi connectivity index (χ3v) is 9.77. The highest BCUT2D eigenvalue weighted by Gasteiger charge is 2.22. The highest BCUT2D eigenvalue weighted by Crippen LogP contribution is 2.46. The van der Waals surface area contributed by atoms with Crippen molar-refractivity contribution in [3.8, 4) is 16.8 Å². The predicted molar refractivity (Wildman–Crippen MR) is 206 cm³/mol. The maximum absolute atomic E-state index is 6.58. The molecule has 0 radical (unpaired) electrons. The van der Waals surface area contributed by atoms with Gasteiger partial charge in [0.05, 0.1) is 22.4 Å². The molecule has 0 bridgehead atoms. The Labute approximate surface area is 283 Å². The molecule has 0 aliphatic carbocycles. The molecule has 49 heavy (non-hydrogen) atoms. The Morgan fingerprint density at radius 1 is 0.408 bits per heavy atom. The lowest BCUT2D eigenvalue weighted by Crippen LogP contribution is -2.12. The molecule has 0 aliphatic heterocycles. The molecular formula is C46H30N2O. The van der Waals surface area contributed by atoms with Gasteiger partial charge < -0.3 is 13.9 Å². The quantitative estimate of drug-likeness (QED) is 0.190. The van der Waals surface area contributed by atoms with E-state index >= 15 is 0 Å². The molecule has 3 heteroatoms. The molecule has 230 valence electrons. The first-order valence-corrected chi connectivity index (χ1v) is 16.7. The fourth-order valence-corrected chi connectivity index (χ4v) is 7.64. The van der Waals surface area contributed by atoms with Crippen molar-refractivity contribution < 1.29 is 4.42 Å². The van der Waals surface area contributed by atoms with E-state index < -0.39 is 0 Å². The Morgan fingerprint density at radius 3 is 1.82 bits per heavy atom. The van der Waals surface area contributed by atoms with Crippen LogP contribution in [0.1, 0.15) is 0 Å². The average Bonchev–Trinajstić information content (AvgIpc) is 3.72. The summed E-state index contributed by atoms with van der Waals surface area (Å²) in [5.74, 6) is 0. The molecule has 2 heterocycles. The van der Waals surface area contributed by atoms with Crippen LogP contribution in [0.5, 0.6) is 0 Å². The number of anilines is 3. The Morgan fingerprint density at radius 2 is 0.980 bits per heavy atom. The first-order chi connectivity index (χ1) is 24.3. The van der Waals surface area contributed by atoms with Crippen LogP contribution in [-0.4, -0.2) is 4.57 Å². The topological polar surface area (TPSA) is 21.3 Å². The van der Waals surface area contributed by atoms with Crippen molar-refractivity contribution in [3.63, 3.8) is 0 Å². The molecule has 0 fully saturated rings. The first kappa shape index (κ1) is 27.5. The maximum atomic E-state index is 6.58. The Balaban J connectivity index is 1.25. The van der Waals surface area contributed by atoms with Crippen molar-refractivity contribution in [3.05, 3.63) is 182 Å². The zero-order valence-electron chi connectivity index (χ0n) is 26.6. The summed E-state index contributed by atoms with van der Waals surface area (Å²) in [6.45, 7) is 0. The van der Waals surface area contributed by atoms with Crippen molar-refractivity contribution >= 4 is 71.6 Å². The van der Waals surface area contributed by atoms with Crippen molar-refractivity contribution in [2.24, 2.45) is 0 Å². The zero-order chi connectivity index (χ0) is 32.3. The van der Waals surface area contributed by atoms with Gasteiger partial charge in [0.1, 0.15) is 11.2 Å². The van der Waals surface area contributed by atoms with E-state index in [2.05, 4.69) is 179 Å². The molecule has 8 aromatic carbocycles. The second-order valence-corrected chi connectivity index (χ2v) is 12.5. The maximum Gasteiger partial charge on any atom is 0.143 e. The summed E-state index contributed by atoms with van der Waals surface area (Å²) in [6.07, 6.45) is 0. The van der Waals surface area contributed by atoms with Crippen LogP contribution in [0.3, 0.4) is 0 Å². The van der Waals surface area contributed by atoms with E-state index in [1.807, 2.05) is 12.1 Å². The van der Waals surface area contributed by atoms with Crippen molar-refractivity contribution in [2.45, 2.75) is 0 Å². The average molecular weight is 627 g/mol. The largest absolute Gasteiger partial charge is 0.455 e. The highest BCUT2D eigenvalue weighted by molar-refractivity contribution is 6.12. The zero-order valence-corrected chi connectivity index (χ0v) is 26.6. The van der Waals surface area contributed by atoms with Gasteiger partial charge in [-0.1, -0.05) is 133 Å². The second-order valence-electron chi connectivity index (χ2n) is 12.5. The van der Waals surface area contributed by atoms with Crippen LogP contribution in [-0.2, 0) is 0 Å². The molecule has 10 rings (SSSR count). The third-order valence-electron chi connectivity index (χ3n) is 9.77. The summed E-state index contributed by atoms with van der Waals surface area (Å²) in [5, 5.41) is 7.12. The van der Waals surface area contributed by atoms with Gasteiger partial charge in [-0.15, -0.1) is 0 Å². The van der Waals surface area contributed by atoms with Crippen LogP contribution >= 0.6 is 0 Å². The summed E-state index contributed by atoms with van der Waals surface area (Å²) in [6, 6.07) is 65.0. The van der Waals surface area contributed by atoms with E-state index in [4.69, 9.17) is 4.42 Å². The van der Waals surface area contributed by atoms with Gasteiger partial charge >= 0.3 is 0 Å². The minimum atomic E-state index is 0.896. The normalized spacial score (nSPS) is 11.7. The van der Waals surface area contributed by atoms with Crippen molar-refractivity contribution in [2.75, 3.05) is 4.90 Å². The second kappa shape index (κ2) is 11.0. The summed E-state index contributed by atoms with van der Waals surface area (Å²) in [4.78, 5) is 2.41. The lowest BCUT2D eigenvalue weighted by molar-refractivity contribution is 0.670. The van der Waals surface area contributed by atoms with Crippen LogP contribution < -0.4 is 4.90 Å². The lowest BCUT2D eigenvalue weighted by Gasteiger charge is -2.29. The van der Waals surface area contributed by atoms with Crippen LogP contribution in [0.4, 0.5) is 17.1 Å². The fourth-order valence-electron chi connectivity index (χ4n) is 7.64. The molecule has 0 atom stereocenters. The third kappa shape index (κ3) is 4.29. The number of fused-ring (bicyclic) bond motifs is 7. The number of nitrogens with zero attached hydrogens (tertiary/aromatic N) is 2. The number of benzene rings is 8. The van der Waals surface area contributed by atoms with E-state index in [1.165, 1.54) is 32.6 Å². The molecular weight excluding hydrogens is 597 g/mol. The highest BCUT2D eigenvalue weighted by atomic mass is 16.3. The molecule has 0 N–H and O–H groups in total. The van der Waals surface area contributed by atoms with Gasteiger partial charge in [0, 0.05) is 49.4 Å². The summed E-state index contributed by atoms with van der Waals surface area (Å²) in [7, 11) is 0. The number of para-hydroxylation sites is 5. The smallest absolute Gasteiger partial charge is 0.143 e. The SMILES string of the molecule is c1cc(N(c2ccccc2-c2cccc3c2oc2ccccc23)c2cccc3ccccc23)cc(-n2c3ccccc3c3ccccc32)c1. The van der Waals surface area contributed by atoms with Gasteiger partial charge in [-0.25, -0.2) is 0 Å². The van der Waals surface area contributed by atoms with Gasteiger partial charge in [-0.05, 0) is 53.9 Å². The molecule has 0 spiro atoms. The van der Waals surface area contributed by atoms with E-state index in [0.29, 0.717) is 0 Å². The van der Waals surface area contributed by atoms with Crippen molar-refractivity contribution in [1.82, 2.24) is 4.57 Å². The van der Waals surface area contributed by atoms with Crippen LogP contribution in [0, 0.1) is 0 Å². The first-order valence-electron chi connectivity index (χ1n) is 16.7. The minimum Gasteiger partial charge on any atom is -0.455 e. The molecule has 10 aromatic rings. The number of rotatable bonds is 5. The van der Waals surface area contributed by atoms with E-state index in [0.717, 1.165) is 55.8 Å². The van der Waals surface area contributed by atoms with Gasteiger partial charge in [0.15, 0.2) is 0 Å². The number of furan rings is 1. The van der Waals surface area contributed by atoms with Crippen molar-refractivity contribution in [1.29, 1.82) is 0 Å². The van der Waals surface area contributed by atoms with E-state index in [-0.39, 0.29) is 0 Å². The Hall–Kier alpha value is -6.58. The Bertz CT molecular complexity index is 2800. The van der Waals surface area contributed by atoms with Crippen LogP contribution in [0.15, 0.2) is 186 Å². The monoisotopic (exact) mass is 626 g/mol. The number of aromatic nitrogens is 1. The standard InChI is InChI=1S/C46H30N2O/c1-2-18-34-31(14-1)15-11-28-41(34)47(32-16-12-17-33(30-32)48-42-25-7-3-19-35(42)36-20-4-8-26-43(36)48)44-27-9-5-21-37(44)39-23-13-24-40-38-22-6-10-29-45(38)49-46(39)40/h1-30H.